The third-order valence-corrected chi connectivity index (χ3v) is 4.66. The Kier molecular flexibility index (Phi) is 4.87. The van der Waals surface area contributed by atoms with Crippen LogP contribution in [0.2, 0.25) is 0 Å². The lowest BCUT2D eigenvalue weighted by atomic mass is 10.4. The first-order valence-corrected chi connectivity index (χ1v) is 6.93. The average molecular weight is 264 g/mol. The molecular formula is C9H20N4O3S. The van der Waals surface area contributed by atoms with Crippen LogP contribution in [0.25, 0.3) is 0 Å². The third-order valence-electron chi connectivity index (χ3n) is 2.49. The normalized spacial score (nSPS) is 18.8. The maximum absolute atomic E-state index is 12.3. The Morgan fingerprint density at radius 3 is 2.41 bits per heavy atom. The van der Waals surface area contributed by atoms with Gasteiger partial charge in [-0.2, -0.15) is 17.0 Å². The van der Waals surface area contributed by atoms with Crippen molar-refractivity contribution < 1.29 is 13.2 Å². The minimum absolute atomic E-state index is 0.0721. The molecule has 1 saturated heterocycles. The molecule has 0 amide bonds. The first-order valence-electron chi connectivity index (χ1n) is 5.53. The smallest absolute Gasteiger partial charge is 0.282 e. The van der Waals surface area contributed by atoms with Crippen LogP contribution in [-0.4, -0.2) is 61.8 Å². The lowest BCUT2D eigenvalue weighted by molar-refractivity contribution is 0.0699. The molecule has 100 valence electrons. The van der Waals surface area contributed by atoms with E-state index in [0.717, 1.165) is 0 Å². The van der Waals surface area contributed by atoms with E-state index in [0.29, 0.717) is 26.3 Å². The molecule has 0 unspecified atom stereocenters. The van der Waals surface area contributed by atoms with E-state index in [1.54, 1.807) is 13.8 Å². The van der Waals surface area contributed by atoms with Crippen LogP contribution in [0, 0.1) is 5.41 Å². The van der Waals surface area contributed by atoms with Gasteiger partial charge in [0.25, 0.3) is 10.2 Å². The monoisotopic (exact) mass is 264 g/mol. The van der Waals surface area contributed by atoms with Crippen molar-refractivity contribution in [2.45, 2.75) is 19.9 Å². The summed E-state index contributed by atoms with van der Waals surface area (Å²) >= 11 is 0. The molecule has 1 fully saturated rings. The van der Waals surface area contributed by atoms with Crippen LogP contribution in [0.5, 0.6) is 0 Å². The van der Waals surface area contributed by atoms with Crippen molar-refractivity contribution in [2.24, 2.45) is 5.73 Å². The van der Waals surface area contributed by atoms with Crippen molar-refractivity contribution in [3.63, 3.8) is 0 Å². The van der Waals surface area contributed by atoms with Crippen molar-refractivity contribution in [1.29, 1.82) is 5.41 Å². The number of hydrogen-bond donors (Lipinski definition) is 2. The summed E-state index contributed by atoms with van der Waals surface area (Å²) in [5, 5.41) is 7.24. The Balaban J connectivity index is 2.86. The number of hydrogen-bond acceptors (Lipinski definition) is 4. The number of nitrogens with zero attached hydrogens (tertiary/aromatic N) is 2. The van der Waals surface area contributed by atoms with Gasteiger partial charge >= 0.3 is 0 Å². The van der Waals surface area contributed by atoms with E-state index in [-0.39, 0.29) is 18.4 Å². The molecule has 17 heavy (non-hydrogen) atoms. The zero-order valence-corrected chi connectivity index (χ0v) is 11.0. The molecule has 1 aliphatic rings. The van der Waals surface area contributed by atoms with E-state index in [1.165, 1.54) is 8.61 Å². The second kappa shape index (κ2) is 5.76. The summed E-state index contributed by atoms with van der Waals surface area (Å²) in [5.74, 6) is -0.157. The van der Waals surface area contributed by atoms with E-state index in [9.17, 15) is 8.42 Å². The van der Waals surface area contributed by atoms with Gasteiger partial charge in [0.2, 0.25) is 0 Å². The zero-order chi connectivity index (χ0) is 13.1. The highest BCUT2D eigenvalue weighted by atomic mass is 32.2. The number of rotatable bonds is 5. The molecule has 1 heterocycles. The largest absolute Gasteiger partial charge is 0.387 e. The summed E-state index contributed by atoms with van der Waals surface area (Å²) in [6.07, 6.45) is 0. The van der Waals surface area contributed by atoms with Gasteiger partial charge in [0.05, 0.1) is 19.8 Å². The van der Waals surface area contributed by atoms with Gasteiger partial charge < -0.3 is 10.5 Å². The molecule has 0 saturated carbocycles. The van der Waals surface area contributed by atoms with E-state index < -0.39 is 10.2 Å². The number of amidine groups is 1. The van der Waals surface area contributed by atoms with Crippen LogP contribution in [0.15, 0.2) is 0 Å². The number of nitrogens with two attached hydrogens (primary N) is 1. The summed E-state index contributed by atoms with van der Waals surface area (Å²) in [4.78, 5) is 0. The first-order chi connectivity index (χ1) is 7.85. The Hall–Kier alpha value is -0.700. The van der Waals surface area contributed by atoms with Crippen LogP contribution in [0.3, 0.4) is 0 Å². The Labute approximate surface area is 102 Å². The highest BCUT2D eigenvalue weighted by molar-refractivity contribution is 7.86. The van der Waals surface area contributed by atoms with E-state index in [1.807, 2.05) is 0 Å². The van der Waals surface area contributed by atoms with Crippen molar-refractivity contribution in [1.82, 2.24) is 8.61 Å². The summed E-state index contributed by atoms with van der Waals surface area (Å²) in [7, 11) is -3.55. The van der Waals surface area contributed by atoms with Gasteiger partial charge in [0, 0.05) is 19.1 Å². The summed E-state index contributed by atoms with van der Waals surface area (Å²) < 4.78 is 32.3. The van der Waals surface area contributed by atoms with Crippen LogP contribution in [0.4, 0.5) is 0 Å². The number of morpholine rings is 1. The van der Waals surface area contributed by atoms with Crippen molar-refractivity contribution in [3.05, 3.63) is 0 Å². The molecule has 1 aliphatic heterocycles. The maximum Gasteiger partial charge on any atom is 0.282 e. The van der Waals surface area contributed by atoms with Crippen molar-refractivity contribution >= 4 is 16.0 Å². The first kappa shape index (κ1) is 14.4. The quantitative estimate of drug-likeness (QED) is 0.502. The molecule has 0 aromatic rings. The minimum Gasteiger partial charge on any atom is -0.387 e. The average Bonchev–Trinajstić information content (AvgIpc) is 2.26. The van der Waals surface area contributed by atoms with Crippen molar-refractivity contribution in [2.75, 3.05) is 32.8 Å². The molecule has 7 nitrogen and oxygen atoms in total. The maximum atomic E-state index is 12.3. The summed E-state index contributed by atoms with van der Waals surface area (Å²) in [5.41, 5.74) is 5.29. The van der Waals surface area contributed by atoms with Crippen LogP contribution in [0.1, 0.15) is 13.8 Å². The highest BCUT2D eigenvalue weighted by Gasteiger charge is 2.32. The molecular weight excluding hydrogens is 244 g/mol. The minimum atomic E-state index is -3.55. The Morgan fingerprint density at radius 2 is 2.00 bits per heavy atom. The molecule has 0 radical (unpaired) electrons. The summed E-state index contributed by atoms with van der Waals surface area (Å²) in [6, 6.07) is -0.230. The number of ether oxygens (including phenoxy) is 1. The molecule has 0 spiro atoms. The fourth-order valence-electron chi connectivity index (χ4n) is 1.62. The predicted molar refractivity (Wildman–Crippen MR) is 65.1 cm³/mol. The molecule has 1 rings (SSSR count). The van der Waals surface area contributed by atoms with Crippen molar-refractivity contribution in [3.8, 4) is 0 Å². The van der Waals surface area contributed by atoms with Gasteiger partial charge in [-0.05, 0) is 13.8 Å². The fraction of sp³-hybridized carbons (Fsp3) is 0.889. The van der Waals surface area contributed by atoms with E-state index in [4.69, 9.17) is 15.9 Å². The van der Waals surface area contributed by atoms with Gasteiger partial charge in [0.15, 0.2) is 0 Å². The second-order valence-corrected chi connectivity index (χ2v) is 6.06. The van der Waals surface area contributed by atoms with Gasteiger partial charge in [-0.3, -0.25) is 5.41 Å². The SMILES string of the molecule is CC(C)N(CC(=N)N)S(=O)(=O)N1CCOCC1. The van der Waals surface area contributed by atoms with E-state index in [2.05, 4.69) is 0 Å². The fourth-order valence-corrected chi connectivity index (χ4v) is 3.37. The lowest BCUT2D eigenvalue weighted by Gasteiger charge is -2.33. The second-order valence-electron chi connectivity index (χ2n) is 4.18. The molecule has 0 aliphatic carbocycles. The Bertz CT molecular complexity index is 362. The number of nitrogens with one attached hydrogen (secondary N) is 1. The van der Waals surface area contributed by atoms with Gasteiger partial charge in [0.1, 0.15) is 5.84 Å². The van der Waals surface area contributed by atoms with Crippen LogP contribution in [-0.2, 0) is 14.9 Å². The standard InChI is InChI=1S/C9H20N4O3S/c1-8(2)13(7-9(10)11)17(14,15)12-3-5-16-6-4-12/h8H,3-7H2,1-2H3,(H3,10,11). The van der Waals surface area contributed by atoms with Gasteiger partial charge in [-0.25, -0.2) is 0 Å². The topological polar surface area (TPSA) is 99.7 Å². The molecule has 8 heteroatoms. The molecule has 0 bridgehead atoms. The highest BCUT2D eigenvalue weighted by Crippen LogP contribution is 2.13. The zero-order valence-electron chi connectivity index (χ0n) is 10.2. The van der Waals surface area contributed by atoms with Gasteiger partial charge in [-0.1, -0.05) is 0 Å². The lowest BCUT2D eigenvalue weighted by Crippen LogP contribution is -2.52. The van der Waals surface area contributed by atoms with Crippen LogP contribution >= 0.6 is 0 Å². The van der Waals surface area contributed by atoms with Gasteiger partial charge in [-0.15, -0.1) is 0 Å². The molecule has 0 aromatic heterocycles. The van der Waals surface area contributed by atoms with E-state index >= 15 is 0 Å². The van der Waals surface area contributed by atoms with Crippen LogP contribution < -0.4 is 5.73 Å². The summed E-state index contributed by atoms with van der Waals surface area (Å²) in [6.45, 7) is 4.97. The molecule has 0 atom stereocenters. The molecule has 0 aromatic carbocycles. The third kappa shape index (κ3) is 3.63. The Morgan fingerprint density at radius 1 is 1.47 bits per heavy atom. The molecule has 3 N–H and O–H groups in total. The predicted octanol–water partition coefficient (Wildman–Crippen LogP) is -0.790.